The zero-order valence-corrected chi connectivity index (χ0v) is 8.75. The summed E-state index contributed by atoms with van der Waals surface area (Å²) in [6.45, 7) is 0.310. The van der Waals surface area contributed by atoms with Crippen LogP contribution in [0.15, 0.2) is 24.3 Å². The van der Waals surface area contributed by atoms with E-state index in [4.69, 9.17) is 16.7 Å². The van der Waals surface area contributed by atoms with Crippen molar-refractivity contribution in [2.45, 2.75) is 6.42 Å². The normalized spacial score (nSPS) is 10.0. The van der Waals surface area contributed by atoms with Gasteiger partial charge in [0.25, 0.3) is 0 Å². The molecule has 0 spiro atoms. The molecule has 1 amide bonds. The molecule has 0 aliphatic heterocycles. The molecule has 3 nitrogen and oxygen atoms in total. The van der Waals surface area contributed by atoms with Crippen molar-refractivity contribution >= 4 is 23.4 Å². The number of alkyl halides is 1. The molecular formula is C10H11ClFNO2. The van der Waals surface area contributed by atoms with E-state index in [9.17, 15) is 9.18 Å². The maximum atomic E-state index is 12.6. The number of hydrogen-bond donors (Lipinski definition) is 1. The predicted octanol–water partition coefficient (Wildman–Crippen LogP) is 2.94. The summed E-state index contributed by atoms with van der Waals surface area (Å²) in [6.07, 6.45) is -0.502. The van der Waals surface area contributed by atoms with Crippen molar-refractivity contribution in [3.8, 4) is 0 Å². The van der Waals surface area contributed by atoms with E-state index in [1.807, 2.05) is 0 Å². The largest absolute Gasteiger partial charge is 0.465 e. The fraction of sp³-hybridized carbons (Fsp3) is 0.300. The summed E-state index contributed by atoms with van der Waals surface area (Å²) in [5, 5.41) is 8.91. The SMILES string of the molecule is O=C(O)N(CCCCl)c1ccc(F)cc1. The van der Waals surface area contributed by atoms with Crippen LogP contribution in [0.3, 0.4) is 0 Å². The number of carbonyl (C=O) groups is 1. The van der Waals surface area contributed by atoms with Gasteiger partial charge in [-0.3, -0.25) is 4.90 Å². The first-order chi connectivity index (χ1) is 7.15. The standard InChI is InChI=1S/C10H11ClFNO2/c11-6-1-7-13(10(14)15)9-4-2-8(12)3-5-9/h2-5H,1,6-7H2,(H,14,15). The Kier molecular flexibility index (Phi) is 4.37. The summed E-state index contributed by atoms with van der Waals surface area (Å²) in [5.74, 6) is 0.00626. The van der Waals surface area contributed by atoms with E-state index in [0.717, 1.165) is 4.90 Å². The van der Waals surface area contributed by atoms with Gasteiger partial charge in [-0.2, -0.15) is 0 Å². The molecule has 0 unspecified atom stereocenters. The van der Waals surface area contributed by atoms with Crippen LogP contribution < -0.4 is 4.90 Å². The molecule has 0 saturated carbocycles. The van der Waals surface area contributed by atoms with Crippen LogP contribution in [0, 0.1) is 5.82 Å². The first-order valence-corrected chi connectivity index (χ1v) is 5.00. The number of halogens is 2. The summed E-state index contributed by atoms with van der Waals surface area (Å²) in [7, 11) is 0. The van der Waals surface area contributed by atoms with E-state index >= 15 is 0 Å². The van der Waals surface area contributed by atoms with Crippen LogP contribution in [0.25, 0.3) is 0 Å². The highest BCUT2D eigenvalue weighted by molar-refractivity contribution is 6.17. The first-order valence-electron chi connectivity index (χ1n) is 4.47. The quantitative estimate of drug-likeness (QED) is 0.810. The van der Waals surface area contributed by atoms with Crippen molar-refractivity contribution in [3.63, 3.8) is 0 Å². The number of carboxylic acid groups (broad SMARTS) is 1. The summed E-state index contributed by atoms with van der Waals surface area (Å²) in [6, 6.07) is 5.31. The summed E-state index contributed by atoms with van der Waals surface area (Å²) >= 11 is 5.48. The molecule has 0 bridgehead atoms. The summed E-state index contributed by atoms with van der Waals surface area (Å²) < 4.78 is 12.6. The second-order valence-corrected chi connectivity index (χ2v) is 3.33. The van der Waals surface area contributed by atoms with Gasteiger partial charge in [0.05, 0.1) is 0 Å². The minimum atomic E-state index is -1.06. The molecule has 1 aromatic carbocycles. The molecule has 1 aromatic rings. The lowest BCUT2D eigenvalue weighted by molar-refractivity contribution is 0.202. The topological polar surface area (TPSA) is 40.5 Å². The molecule has 0 aliphatic carbocycles. The van der Waals surface area contributed by atoms with Gasteiger partial charge in [-0.1, -0.05) is 0 Å². The Labute approximate surface area is 92.1 Å². The Hall–Kier alpha value is -1.29. The third-order valence-corrected chi connectivity index (χ3v) is 2.15. The van der Waals surface area contributed by atoms with Gasteiger partial charge in [-0.05, 0) is 30.7 Å². The highest BCUT2D eigenvalue weighted by Gasteiger charge is 2.13. The maximum Gasteiger partial charge on any atom is 0.411 e. The molecule has 1 rings (SSSR count). The van der Waals surface area contributed by atoms with Crippen molar-refractivity contribution in [1.29, 1.82) is 0 Å². The van der Waals surface area contributed by atoms with E-state index in [0.29, 0.717) is 24.5 Å². The van der Waals surface area contributed by atoms with Crippen LogP contribution in [-0.2, 0) is 0 Å². The smallest absolute Gasteiger partial charge is 0.411 e. The lowest BCUT2D eigenvalue weighted by atomic mass is 10.3. The molecule has 15 heavy (non-hydrogen) atoms. The number of anilines is 1. The predicted molar refractivity (Wildman–Crippen MR) is 57.1 cm³/mol. The Morgan fingerprint density at radius 1 is 1.40 bits per heavy atom. The molecule has 0 radical (unpaired) electrons. The van der Waals surface area contributed by atoms with Crippen molar-refractivity contribution in [3.05, 3.63) is 30.1 Å². The highest BCUT2D eigenvalue weighted by Crippen LogP contribution is 2.15. The number of hydrogen-bond acceptors (Lipinski definition) is 1. The lowest BCUT2D eigenvalue weighted by Crippen LogP contribution is -2.30. The van der Waals surface area contributed by atoms with Crippen molar-refractivity contribution in [2.75, 3.05) is 17.3 Å². The second kappa shape index (κ2) is 5.56. The van der Waals surface area contributed by atoms with Crippen molar-refractivity contribution < 1.29 is 14.3 Å². The highest BCUT2D eigenvalue weighted by atomic mass is 35.5. The number of benzene rings is 1. The molecular weight excluding hydrogens is 221 g/mol. The Balaban J connectivity index is 2.79. The molecule has 0 heterocycles. The van der Waals surface area contributed by atoms with Crippen LogP contribution in [0.2, 0.25) is 0 Å². The van der Waals surface area contributed by atoms with Crippen LogP contribution in [0.4, 0.5) is 14.9 Å². The van der Waals surface area contributed by atoms with E-state index in [-0.39, 0.29) is 5.82 Å². The van der Waals surface area contributed by atoms with Gasteiger partial charge in [0.15, 0.2) is 0 Å². The molecule has 0 saturated heterocycles. The van der Waals surface area contributed by atoms with Gasteiger partial charge in [0.2, 0.25) is 0 Å². The van der Waals surface area contributed by atoms with E-state index in [1.54, 1.807) is 0 Å². The maximum absolute atomic E-state index is 12.6. The van der Waals surface area contributed by atoms with Gasteiger partial charge in [-0.25, -0.2) is 9.18 Å². The molecule has 0 atom stereocenters. The zero-order chi connectivity index (χ0) is 11.3. The van der Waals surface area contributed by atoms with Crippen molar-refractivity contribution in [2.24, 2.45) is 0 Å². The average Bonchev–Trinajstić information content (AvgIpc) is 2.21. The van der Waals surface area contributed by atoms with E-state index in [2.05, 4.69) is 0 Å². The van der Waals surface area contributed by atoms with Gasteiger partial charge in [0, 0.05) is 18.1 Å². The number of amides is 1. The fourth-order valence-electron chi connectivity index (χ4n) is 1.17. The third kappa shape index (κ3) is 3.40. The monoisotopic (exact) mass is 231 g/mol. The molecule has 0 aromatic heterocycles. The van der Waals surface area contributed by atoms with E-state index < -0.39 is 6.09 Å². The van der Waals surface area contributed by atoms with Gasteiger partial charge < -0.3 is 5.11 Å². The summed E-state index contributed by atoms with van der Waals surface area (Å²) in [5.41, 5.74) is 0.453. The van der Waals surface area contributed by atoms with Crippen LogP contribution in [0.5, 0.6) is 0 Å². The van der Waals surface area contributed by atoms with Gasteiger partial charge in [0.1, 0.15) is 5.82 Å². The first kappa shape index (κ1) is 11.8. The van der Waals surface area contributed by atoms with Crippen LogP contribution in [-0.4, -0.2) is 23.6 Å². The van der Waals surface area contributed by atoms with Crippen LogP contribution >= 0.6 is 11.6 Å². The van der Waals surface area contributed by atoms with E-state index in [1.165, 1.54) is 24.3 Å². The average molecular weight is 232 g/mol. The molecule has 1 N–H and O–H groups in total. The molecule has 82 valence electrons. The number of nitrogens with zero attached hydrogens (tertiary/aromatic N) is 1. The van der Waals surface area contributed by atoms with Gasteiger partial charge >= 0.3 is 6.09 Å². The van der Waals surface area contributed by atoms with Crippen molar-refractivity contribution in [1.82, 2.24) is 0 Å². The minimum absolute atomic E-state index is 0.310. The Morgan fingerprint density at radius 2 is 2.00 bits per heavy atom. The fourth-order valence-corrected chi connectivity index (χ4v) is 1.29. The second-order valence-electron chi connectivity index (χ2n) is 2.95. The molecule has 0 fully saturated rings. The Bertz CT molecular complexity index is 329. The lowest BCUT2D eigenvalue weighted by Gasteiger charge is -2.18. The minimum Gasteiger partial charge on any atom is -0.465 e. The summed E-state index contributed by atoms with van der Waals surface area (Å²) in [4.78, 5) is 12.0. The third-order valence-electron chi connectivity index (χ3n) is 1.88. The Morgan fingerprint density at radius 3 is 2.47 bits per heavy atom. The zero-order valence-electron chi connectivity index (χ0n) is 7.99. The number of rotatable bonds is 4. The molecule has 0 aliphatic rings. The van der Waals surface area contributed by atoms with Gasteiger partial charge in [-0.15, -0.1) is 11.6 Å². The van der Waals surface area contributed by atoms with Crippen LogP contribution in [0.1, 0.15) is 6.42 Å². The molecule has 5 heteroatoms.